The second-order valence-corrected chi connectivity index (χ2v) is 3.76. The number of imidazole rings is 1. The summed E-state index contributed by atoms with van der Waals surface area (Å²) in [7, 11) is 0. The number of amides is 1. The molecule has 0 aromatic carbocycles. The number of hydrogen-bond donors (Lipinski definition) is 4. The zero-order valence-corrected chi connectivity index (χ0v) is 9.91. The van der Waals surface area contributed by atoms with E-state index in [0.29, 0.717) is 0 Å². The molecule has 5 N–H and O–H groups in total. The summed E-state index contributed by atoms with van der Waals surface area (Å²) in [6.07, 6.45) is 4.03. The predicted molar refractivity (Wildman–Crippen MR) is 68.9 cm³/mol. The van der Waals surface area contributed by atoms with Gasteiger partial charge in [0.05, 0.1) is 6.33 Å². The summed E-state index contributed by atoms with van der Waals surface area (Å²) in [5, 5.41) is 2.38. The lowest BCUT2D eigenvalue weighted by Crippen LogP contribution is -2.20. The third-order valence-corrected chi connectivity index (χ3v) is 2.47. The van der Waals surface area contributed by atoms with Crippen LogP contribution >= 0.6 is 0 Å². The predicted octanol–water partition coefficient (Wildman–Crippen LogP) is -0.729. The number of carbonyl (C=O) groups excluding carboxylic acids is 1. The third kappa shape index (κ3) is 1.94. The fraction of sp³-hybridized carbons (Fsp3) is 0. The molecule has 3 heterocycles. The van der Waals surface area contributed by atoms with Crippen molar-refractivity contribution in [3.63, 3.8) is 0 Å². The van der Waals surface area contributed by atoms with Crippen LogP contribution in [0.4, 0.5) is 11.8 Å². The van der Waals surface area contributed by atoms with E-state index in [1.807, 2.05) is 0 Å². The van der Waals surface area contributed by atoms with E-state index in [1.165, 1.54) is 18.7 Å². The summed E-state index contributed by atoms with van der Waals surface area (Å²) in [6, 6.07) is 0. The van der Waals surface area contributed by atoms with Gasteiger partial charge in [-0.2, -0.15) is 4.98 Å². The van der Waals surface area contributed by atoms with Crippen molar-refractivity contribution in [3.8, 4) is 0 Å². The minimum atomic E-state index is -0.631. The van der Waals surface area contributed by atoms with Crippen molar-refractivity contribution in [2.45, 2.75) is 0 Å². The number of nitrogens with two attached hydrogens (primary N) is 1. The smallest absolute Gasteiger partial charge is 0.280 e. The minimum Gasteiger partial charge on any atom is -0.382 e. The molecular weight excluding hydrogens is 264 g/mol. The van der Waals surface area contributed by atoms with Gasteiger partial charge in [0.2, 0.25) is 5.95 Å². The number of nitrogen functional groups attached to an aromatic ring is 1. The second-order valence-electron chi connectivity index (χ2n) is 3.76. The molecule has 0 atom stereocenters. The monoisotopic (exact) mass is 272 g/mol. The zero-order valence-electron chi connectivity index (χ0n) is 9.91. The Hall–Kier alpha value is -3.30. The maximum atomic E-state index is 11.9. The molecule has 10 nitrogen and oxygen atoms in total. The van der Waals surface area contributed by atoms with E-state index in [4.69, 9.17) is 5.73 Å². The topological polar surface area (TPSA) is 155 Å². The molecule has 1 amide bonds. The van der Waals surface area contributed by atoms with Crippen LogP contribution in [0.25, 0.3) is 11.2 Å². The lowest BCUT2D eigenvalue weighted by Gasteiger charge is -2.04. The van der Waals surface area contributed by atoms with Crippen LogP contribution in [-0.2, 0) is 0 Å². The van der Waals surface area contributed by atoms with Gasteiger partial charge >= 0.3 is 0 Å². The van der Waals surface area contributed by atoms with Crippen molar-refractivity contribution in [2.24, 2.45) is 0 Å². The molecule has 0 unspecified atom stereocenters. The van der Waals surface area contributed by atoms with E-state index in [9.17, 15) is 9.59 Å². The summed E-state index contributed by atoms with van der Waals surface area (Å²) in [6.45, 7) is 0. The number of nitrogens with zero attached hydrogens (tertiary/aromatic N) is 4. The second kappa shape index (κ2) is 4.42. The first-order valence-electron chi connectivity index (χ1n) is 5.46. The quantitative estimate of drug-likeness (QED) is 0.479. The standard InChI is InChI=1S/C10H8N8O2/c11-6-4(12-1-2-13-6)8(19)17-10-16-7-5(9(20)18-10)14-3-15-7/h1-3H,(H2,11,13)(H3,14,15,16,17,18,19,20). The average Bonchev–Trinajstić information content (AvgIpc) is 2.88. The molecule has 0 radical (unpaired) electrons. The van der Waals surface area contributed by atoms with Gasteiger partial charge in [0, 0.05) is 12.4 Å². The van der Waals surface area contributed by atoms with E-state index in [0.717, 1.165) is 0 Å². The Morgan fingerprint density at radius 3 is 2.85 bits per heavy atom. The number of carbonyl (C=O) groups is 1. The number of nitrogens with one attached hydrogen (secondary N) is 3. The van der Waals surface area contributed by atoms with Crippen LogP contribution < -0.4 is 16.6 Å². The van der Waals surface area contributed by atoms with E-state index < -0.39 is 11.5 Å². The largest absolute Gasteiger partial charge is 0.382 e. The molecule has 100 valence electrons. The minimum absolute atomic E-state index is 0.0202. The Morgan fingerprint density at radius 1 is 1.25 bits per heavy atom. The number of aromatic nitrogens is 6. The lowest BCUT2D eigenvalue weighted by atomic mass is 10.4. The van der Waals surface area contributed by atoms with Crippen molar-refractivity contribution in [1.82, 2.24) is 29.9 Å². The molecule has 0 aliphatic heterocycles. The average molecular weight is 272 g/mol. The van der Waals surface area contributed by atoms with Crippen LogP contribution in [0.2, 0.25) is 0 Å². The van der Waals surface area contributed by atoms with Gasteiger partial charge in [0.25, 0.3) is 11.5 Å². The molecule has 0 aliphatic rings. The van der Waals surface area contributed by atoms with Crippen molar-refractivity contribution in [1.29, 1.82) is 0 Å². The molecular formula is C10H8N8O2. The number of fused-ring (bicyclic) bond motifs is 1. The molecule has 20 heavy (non-hydrogen) atoms. The van der Waals surface area contributed by atoms with E-state index in [-0.39, 0.29) is 28.6 Å². The van der Waals surface area contributed by atoms with Crippen LogP contribution in [0.3, 0.4) is 0 Å². The van der Waals surface area contributed by atoms with E-state index in [1.54, 1.807) is 0 Å². The first-order valence-corrected chi connectivity index (χ1v) is 5.46. The highest BCUT2D eigenvalue weighted by Crippen LogP contribution is 2.07. The van der Waals surface area contributed by atoms with Crippen LogP contribution in [0.5, 0.6) is 0 Å². The highest BCUT2D eigenvalue weighted by Gasteiger charge is 2.14. The Kier molecular flexibility index (Phi) is 2.60. The molecule has 0 bridgehead atoms. The molecule has 10 heteroatoms. The van der Waals surface area contributed by atoms with Gasteiger partial charge in [-0.3, -0.25) is 19.9 Å². The van der Waals surface area contributed by atoms with Gasteiger partial charge < -0.3 is 10.7 Å². The Bertz CT molecular complexity index is 852. The summed E-state index contributed by atoms with van der Waals surface area (Å²) >= 11 is 0. The summed E-state index contributed by atoms with van der Waals surface area (Å²) < 4.78 is 0. The Morgan fingerprint density at radius 2 is 2.05 bits per heavy atom. The SMILES string of the molecule is Nc1nccnc1C(=O)Nc1nc2nc[nH]c2c(=O)[nH]1. The van der Waals surface area contributed by atoms with Crippen LogP contribution in [0.1, 0.15) is 10.5 Å². The number of H-pyrrole nitrogens is 2. The fourth-order valence-electron chi connectivity index (χ4n) is 1.59. The van der Waals surface area contributed by atoms with E-state index >= 15 is 0 Å². The maximum Gasteiger partial charge on any atom is 0.280 e. The molecule has 0 saturated carbocycles. The third-order valence-electron chi connectivity index (χ3n) is 2.47. The Labute approximate surface area is 110 Å². The summed E-state index contributed by atoms with van der Waals surface area (Å²) in [5.41, 5.74) is 5.44. The van der Waals surface area contributed by atoms with Crippen LogP contribution in [0.15, 0.2) is 23.5 Å². The van der Waals surface area contributed by atoms with Gasteiger partial charge in [0.15, 0.2) is 22.7 Å². The van der Waals surface area contributed by atoms with Crippen molar-refractivity contribution in [2.75, 3.05) is 11.1 Å². The normalized spacial score (nSPS) is 10.6. The lowest BCUT2D eigenvalue weighted by molar-refractivity contribution is 0.102. The fourth-order valence-corrected chi connectivity index (χ4v) is 1.59. The van der Waals surface area contributed by atoms with Crippen molar-refractivity contribution in [3.05, 3.63) is 34.8 Å². The van der Waals surface area contributed by atoms with Gasteiger partial charge in [-0.1, -0.05) is 0 Å². The van der Waals surface area contributed by atoms with Crippen molar-refractivity contribution < 1.29 is 4.79 Å². The molecule has 0 fully saturated rings. The zero-order chi connectivity index (χ0) is 14.1. The van der Waals surface area contributed by atoms with Gasteiger partial charge in [-0.15, -0.1) is 0 Å². The molecule has 3 aromatic rings. The van der Waals surface area contributed by atoms with Crippen LogP contribution in [-0.4, -0.2) is 35.8 Å². The maximum absolute atomic E-state index is 11.9. The number of hydrogen-bond acceptors (Lipinski definition) is 7. The number of rotatable bonds is 2. The molecule has 0 saturated heterocycles. The molecule has 3 aromatic heterocycles. The number of anilines is 2. The highest BCUT2D eigenvalue weighted by molar-refractivity contribution is 6.04. The van der Waals surface area contributed by atoms with Gasteiger partial charge in [0.1, 0.15) is 0 Å². The molecule has 3 rings (SSSR count). The van der Waals surface area contributed by atoms with E-state index in [2.05, 4.69) is 35.2 Å². The first kappa shape index (κ1) is 11.8. The summed E-state index contributed by atoms with van der Waals surface area (Å²) in [4.78, 5) is 44.0. The van der Waals surface area contributed by atoms with Gasteiger partial charge in [-0.05, 0) is 0 Å². The first-order chi connectivity index (χ1) is 9.65. The number of aromatic amines is 2. The highest BCUT2D eigenvalue weighted by atomic mass is 16.2. The molecule has 0 aliphatic carbocycles. The molecule has 0 spiro atoms. The van der Waals surface area contributed by atoms with Crippen LogP contribution in [0, 0.1) is 0 Å². The van der Waals surface area contributed by atoms with Gasteiger partial charge in [-0.25, -0.2) is 15.0 Å². The Balaban J connectivity index is 1.95. The summed E-state index contributed by atoms with van der Waals surface area (Å²) in [5.74, 6) is -0.702. The van der Waals surface area contributed by atoms with Crippen molar-refractivity contribution >= 4 is 28.8 Å².